The Hall–Kier alpha value is -3.25. The van der Waals surface area contributed by atoms with Crippen LogP contribution in [0.15, 0.2) is 60.8 Å². The van der Waals surface area contributed by atoms with Gasteiger partial charge >= 0.3 is 0 Å². The van der Waals surface area contributed by atoms with Crippen LogP contribution >= 0.6 is 0 Å². The lowest BCUT2D eigenvalue weighted by atomic mass is 9.87. The van der Waals surface area contributed by atoms with Gasteiger partial charge in [-0.3, -0.25) is 4.79 Å². The molecule has 6 heteroatoms. The number of carbonyl (C=O) groups excluding carboxylic acids is 1. The zero-order chi connectivity index (χ0) is 19.8. The molecule has 1 saturated heterocycles. The van der Waals surface area contributed by atoms with Crippen LogP contribution in [-0.2, 0) is 28.2 Å². The number of likely N-dealkylation sites (tertiary alicyclic amines) is 1. The molecular formula is C23H21N3O3. The number of ether oxygens (including phenoxy) is 2. The van der Waals surface area contributed by atoms with Crippen LogP contribution in [0.4, 0.5) is 0 Å². The van der Waals surface area contributed by atoms with Gasteiger partial charge in [0.15, 0.2) is 5.82 Å². The maximum Gasteiger partial charge on any atom is 0.227 e. The van der Waals surface area contributed by atoms with Crippen LogP contribution in [-0.4, -0.2) is 41.0 Å². The zero-order valence-corrected chi connectivity index (χ0v) is 16.2. The Labute approximate surface area is 169 Å². The lowest BCUT2D eigenvalue weighted by Crippen LogP contribution is -2.61. The first-order valence-electron chi connectivity index (χ1n) is 9.63. The fraction of sp³-hybridized carbons (Fsp3) is 0.261. The molecule has 2 aliphatic heterocycles. The molecule has 29 heavy (non-hydrogen) atoms. The number of fused-ring (bicyclic) bond motifs is 2. The van der Waals surface area contributed by atoms with Crippen molar-refractivity contribution in [2.75, 3.05) is 20.2 Å². The fourth-order valence-electron chi connectivity index (χ4n) is 4.00. The van der Waals surface area contributed by atoms with E-state index in [1.807, 2.05) is 65.7 Å². The second kappa shape index (κ2) is 6.97. The predicted octanol–water partition coefficient (Wildman–Crippen LogP) is 2.96. The molecule has 0 bridgehead atoms. The van der Waals surface area contributed by atoms with Crippen molar-refractivity contribution >= 4 is 5.91 Å². The lowest BCUT2D eigenvalue weighted by Gasteiger charge is -2.47. The average molecular weight is 387 g/mol. The van der Waals surface area contributed by atoms with Crippen molar-refractivity contribution in [3.8, 4) is 17.1 Å². The van der Waals surface area contributed by atoms with E-state index in [0.717, 1.165) is 28.1 Å². The highest BCUT2D eigenvalue weighted by molar-refractivity contribution is 5.80. The SMILES string of the molecule is COc1cccc(CC(=O)N2CC3(C2)OCc2nc(-c4ccccc4)ncc23)c1. The Balaban J connectivity index is 1.29. The first-order chi connectivity index (χ1) is 14.2. The standard InChI is InChI=1S/C23H21N3O3/c1-28-18-9-5-6-16(10-18)11-21(27)26-14-23(15-26)19-12-24-22(25-20(19)13-29-23)17-7-3-2-4-8-17/h2-10,12H,11,13-15H2,1H3. The smallest absolute Gasteiger partial charge is 0.227 e. The van der Waals surface area contributed by atoms with Gasteiger partial charge in [0.05, 0.1) is 38.9 Å². The molecular weight excluding hydrogens is 366 g/mol. The van der Waals surface area contributed by atoms with Gasteiger partial charge in [0, 0.05) is 17.3 Å². The summed E-state index contributed by atoms with van der Waals surface area (Å²) in [6, 6.07) is 17.5. The summed E-state index contributed by atoms with van der Waals surface area (Å²) in [5.41, 5.74) is 3.38. The molecule has 0 saturated carbocycles. The van der Waals surface area contributed by atoms with Gasteiger partial charge in [0.25, 0.3) is 0 Å². The molecule has 0 aliphatic carbocycles. The Bertz CT molecular complexity index is 1060. The largest absolute Gasteiger partial charge is 0.497 e. The Morgan fingerprint density at radius 2 is 2.00 bits per heavy atom. The van der Waals surface area contributed by atoms with Crippen molar-refractivity contribution in [1.29, 1.82) is 0 Å². The Morgan fingerprint density at radius 1 is 1.17 bits per heavy atom. The van der Waals surface area contributed by atoms with E-state index >= 15 is 0 Å². The zero-order valence-electron chi connectivity index (χ0n) is 16.2. The van der Waals surface area contributed by atoms with Crippen LogP contribution < -0.4 is 4.74 Å². The maximum absolute atomic E-state index is 12.7. The van der Waals surface area contributed by atoms with E-state index in [-0.39, 0.29) is 5.91 Å². The van der Waals surface area contributed by atoms with Gasteiger partial charge in [0.1, 0.15) is 11.4 Å². The van der Waals surface area contributed by atoms with Gasteiger partial charge in [-0.25, -0.2) is 9.97 Å². The summed E-state index contributed by atoms with van der Waals surface area (Å²) in [4.78, 5) is 23.8. The lowest BCUT2D eigenvalue weighted by molar-refractivity contribution is -0.168. The molecule has 0 unspecified atom stereocenters. The highest BCUT2D eigenvalue weighted by Gasteiger charge is 2.52. The average Bonchev–Trinajstić information content (AvgIpc) is 3.12. The normalized spacial score (nSPS) is 16.4. The third-order valence-corrected chi connectivity index (χ3v) is 5.61. The molecule has 1 amide bonds. The molecule has 5 rings (SSSR count). The predicted molar refractivity (Wildman–Crippen MR) is 107 cm³/mol. The van der Waals surface area contributed by atoms with Gasteiger partial charge in [-0.2, -0.15) is 0 Å². The highest BCUT2D eigenvalue weighted by Crippen LogP contribution is 2.43. The molecule has 0 atom stereocenters. The Kier molecular flexibility index (Phi) is 4.28. The summed E-state index contributed by atoms with van der Waals surface area (Å²) in [7, 11) is 1.63. The van der Waals surface area contributed by atoms with Crippen molar-refractivity contribution in [2.45, 2.75) is 18.6 Å². The van der Waals surface area contributed by atoms with Gasteiger partial charge < -0.3 is 14.4 Å². The second-order valence-corrected chi connectivity index (χ2v) is 7.48. The molecule has 2 aromatic carbocycles. The minimum Gasteiger partial charge on any atom is -0.497 e. The number of hydrogen-bond acceptors (Lipinski definition) is 5. The van der Waals surface area contributed by atoms with Gasteiger partial charge in [0.2, 0.25) is 5.91 Å². The molecule has 1 spiro atoms. The minimum atomic E-state index is -0.464. The fourth-order valence-corrected chi connectivity index (χ4v) is 4.00. The van der Waals surface area contributed by atoms with Crippen molar-refractivity contribution in [1.82, 2.24) is 14.9 Å². The van der Waals surface area contributed by atoms with E-state index in [4.69, 9.17) is 14.5 Å². The third kappa shape index (κ3) is 3.15. The molecule has 3 heterocycles. The molecule has 1 aromatic heterocycles. The van der Waals surface area contributed by atoms with E-state index in [9.17, 15) is 4.79 Å². The quantitative estimate of drug-likeness (QED) is 0.689. The summed E-state index contributed by atoms with van der Waals surface area (Å²) in [6.07, 6.45) is 2.21. The molecule has 146 valence electrons. The number of hydrogen-bond donors (Lipinski definition) is 0. The number of nitrogens with zero attached hydrogens (tertiary/aromatic N) is 3. The van der Waals surface area contributed by atoms with Crippen molar-refractivity contribution in [3.63, 3.8) is 0 Å². The van der Waals surface area contributed by atoms with Gasteiger partial charge in [-0.1, -0.05) is 42.5 Å². The summed E-state index contributed by atoms with van der Waals surface area (Å²) < 4.78 is 11.3. The minimum absolute atomic E-state index is 0.0859. The van der Waals surface area contributed by atoms with Crippen LogP contribution in [0.1, 0.15) is 16.8 Å². The second-order valence-electron chi connectivity index (χ2n) is 7.48. The van der Waals surface area contributed by atoms with Crippen molar-refractivity contribution in [2.24, 2.45) is 0 Å². The molecule has 0 N–H and O–H groups in total. The Morgan fingerprint density at radius 3 is 2.79 bits per heavy atom. The topological polar surface area (TPSA) is 64.5 Å². The van der Waals surface area contributed by atoms with Crippen LogP contribution in [0.2, 0.25) is 0 Å². The molecule has 6 nitrogen and oxygen atoms in total. The van der Waals surface area contributed by atoms with E-state index in [0.29, 0.717) is 31.9 Å². The van der Waals surface area contributed by atoms with Crippen molar-refractivity contribution < 1.29 is 14.3 Å². The van der Waals surface area contributed by atoms with Crippen LogP contribution in [0.25, 0.3) is 11.4 Å². The van der Waals surface area contributed by atoms with Crippen LogP contribution in [0, 0.1) is 0 Å². The van der Waals surface area contributed by atoms with Crippen LogP contribution in [0.5, 0.6) is 5.75 Å². The number of rotatable bonds is 4. The summed E-state index contributed by atoms with van der Waals surface area (Å²) in [5, 5.41) is 0. The monoisotopic (exact) mass is 387 g/mol. The number of methoxy groups -OCH3 is 1. The summed E-state index contributed by atoms with van der Waals surface area (Å²) >= 11 is 0. The van der Waals surface area contributed by atoms with E-state index in [1.165, 1.54) is 0 Å². The van der Waals surface area contributed by atoms with E-state index < -0.39 is 5.60 Å². The number of amides is 1. The molecule has 1 fully saturated rings. The highest BCUT2D eigenvalue weighted by atomic mass is 16.5. The van der Waals surface area contributed by atoms with Gasteiger partial charge in [-0.15, -0.1) is 0 Å². The maximum atomic E-state index is 12.7. The molecule has 0 radical (unpaired) electrons. The summed E-state index contributed by atoms with van der Waals surface area (Å²) in [5.74, 6) is 1.55. The number of benzene rings is 2. The number of carbonyl (C=O) groups is 1. The van der Waals surface area contributed by atoms with Gasteiger partial charge in [-0.05, 0) is 17.7 Å². The number of aromatic nitrogens is 2. The summed E-state index contributed by atoms with van der Waals surface area (Å²) in [6.45, 7) is 1.53. The molecule has 3 aromatic rings. The first kappa shape index (κ1) is 17.8. The van der Waals surface area contributed by atoms with Crippen LogP contribution in [0.3, 0.4) is 0 Å². The third-order valence-electron chi connectivity index (χ3n) is 5.61. The van der Waals surface area contributed by atoms with E-state index in [1.54, 1.807) is 7.11 Å². The van der Waals surface area contributed by atoms with Crippen molar-refractivity contribution in [3.05, 3.63) is 77.6 Å². The molecule has 2 aliphatic rings. The first-order valence-corrected chi connectivity index (χ1v) is 9.63. The van der Waals surface area contributed by atoms with E-state index in [2.05, 4.69) is 4.98 Å².